The van der Waals surface area contributed by atoms with E-state index >= 15 is 0 Å². The summed E-state index contributed by atoms with van der Waals surface area (Å²) in [6, 6.07) is 28.4. The van der Waals surface area contributed by atoms with Gasteiger partial charge in [0.1, 0.15) is 0 Å². The van der Waals surface area contributed by atoms with Gasteiger partial charge in [-0.1, -0.05) is 0 Å². The fourth-order valence-electron chi connectivity index (χ4n) is 13.8. The monoisotopic (exact) mass is 816 g/mol. The van der Waals surface area contributed by atoms with Gasteiger partial charge >= 0.3 is 288 Å². The van der Waals surface area contributed by atoms with Crippen LogP contribution in [-0.4, -0.2) is 6.94 Å². The third-order valence-electron chi connectivity index (χ3n) is 16.5. The van der Waals surface area contributed by atoms with Gasteiger partial charge in [0.25, 0.3) is 0 Å². The Balaban J connectivity index is 1.45. The third kappa shape index (κ3) is 3.91. The predicted octanol–water partition coefficient (Wildman–Crippen LogP) is 13.2. The summed E-state index contributed by atoms with van der Waals surface area (Å²) in [6.07, 6.45) is 22.0. The van der Waals surface area contributed by atoms with E-state index in [1.807, 2.05) is 0 Å². The number of allylic oxidation sites excluding steroid dienone is 2. The van der Waals surface area contributed by atoms with Gasteiger partial charge in [0.05, 0.1) is 0 Å². The van der Waals surface area contributed by atoms with Crippen LogP contribution in [0.5, 0.6) is 0 Å². The molecule has 0 heterocycles. The Morgan fingerprint density at radius 1 is 0.500 bits per heavy atom. The molecule has 8 rings (SSSR count). The van der Waals surface area contributed by atoms with Gasteiger partial charge in [0.2, 0.25) is 0 Å². The number of hydrogen-bond donors (Lipinski definition) is 0. The Hall–Kier alpha value is -2.55. The van der Waals surface area contributed by atoms with Crippen LogP contribution in [0.1, 0.15) is 103 Å². The molecule has 2 saturated carbocycles. The minimum absolute atomic E-state index is 0.488. The van der Waals surface area contributed by atoms with E-state index in [9.17, 15) is 0 Å². The van der Waals surface area contributed by atoms with Crippen molar-refractivity contribution in [1.82, 2.24) is 0 Å². The van der Waals surface area contributed by atoms with Gasteiger partial charge in [-0.05, 0) is 0 Å². The van der Waals surface area contributed by atoms with Crippen LogP contribution < -0.4 is 0 Å². The zero-order chi connectivity index (χ0) is 33.6. The zero-order valence-electron chi connectivity index (χ0n) is 30.4. The summed E-state index contributed by atoms with van der Waals surface area (Å²) < 4.78 is 8.74. The van der Waals surface area contributed by atoms with Crippen molar-refractivity contribution in [3.05, 3.63) is 129 Å². The fourth-order valence-corrected chi connectivity index (χ4v) is 77.3. The van der Waals surface area contributed by atoms with E-state index in [0.717, 1.165) is 7.35 Å². The molecule has 4 aliphatic carbocycles. The number of rotatable bonds is 6. The summed E-state index contributed by atoms with van der Waals surface area (Å²) in [6.45, 7) is 11.9. The van der Waals surface area contributed by atoms with Crippen LogP contribution in [0.2, 0.25) is 16.7 Å². The summed E-state index contributed by atoms with van der Waals surface area (Å²) in [5, 5.41) is 0. The molecule has 48 heavy (non-hydrogen) atoms. The molecule has 2 fully saturated rings. The Morgan fingerprint density at radius 3 is 1.19 bits per heavy atom. The molecular weight excluding hydrogens is 759 g/mol. The first-order valence-corrected chi connectivity index (χ1v) is 42.9. The molecule has 0 saturated heterocycles. The first kappa shape index (κ1) is 32.6. The quantitative estimate of drug-likeness (QED) is 0.170. The summed E-state index contributed by atoms with van der Waals surface area (Å²) in [5.41, 5.74) is 17.6. The Kier molecular flexibility index (Phi) is 6.97. The van der Waals surface area contributed by atoms with Crippen molar-refractivity contribution in [2.75, 3.05) is 0 Å². The average molecular weight is 816 g/mol. The van der Waals surface area contributed by atoms with Gasteiger partial charge in [-0.15, -0.1) is 0 Å². The Bertz CT molecular complexity index is 2000. The molecule has 4 aromatic rings. The van der Waals surface area contributed by atoms with Crippen LogP contribution in [-0.2, 0) is 14.2 Å². The fraction of sp³-hybridized carbons (Fsp3) is 0.391. The Labute approximate surface area is 286 Å². The summed E-state index contributed by atoms with van der Waals surface area (Å²) in [7, 11) is 0. The van der Waals surface area contributed by atoms with Crippen LogP contribution >= 0.6 is 0 Å². The molecular formula is C46H56HfSi. The normalized spacial score (nSPS) is 23.1. The van der Waals surface area contributed by atoms with Crippen molar-refractivity contribution in [2.24, 2.45) is 0 Å². The van der Waals surface area contributed by atoms with Gasteiger partial charge in [0, 0.05) is 0 Å². The molecule has 0 spiro atoms. The van der Waals surface area contributed by atoms with Gasteiger partial charge < -0.3 is 0 Å². The molecule has 0 nitrogen and oxygen atoms in total. The average Bonchev–Trinajstić information content (AvgIpc) is 3.88. The SMILES string of the molecule is Cc1cccc(C)c1-c1cccc2c1C=C[CH]2[Hf]([CH3])([CH3])(=[SiH2])([CH]1CCCC1)([CH]1CCCC1)[CH]1C=Cc2c(-c3c(C)cccc3C)cccc21. The minimum atomic E-state index is -5.32. The molecule has 0 amide bonds. The Morgan fingerprint density at radius 2 is 0.833 bits per heavy atom. The molecule has 248 valence electrons. The van der Waals surface area contributed by atoms with Crippen LogP contribution in [0.3, 0.4) is 0 Å². The maximum atomic E-state index is 3.08. The van der Waals surface area contributed by atoms with E-state index in [-0.39, 0.29) is 0 Å². The molecule has 0 N–H and O–H groups in total. The topological polar surface area (TPSA) is 0 Å². The molecule has 0 radical (unpaired) electrons. The summed E-state index contributed by atoms with van der Waals surface area (Å²) in [4.78, 5) is 0. The van der Waals surface area contributed by atoms with Crippen molar-refractivity contribution in [2.45, 2.75) is 103 Å². The number of benzene rings is 4. The second-order valence-electron chi connectivity index (χ2n) is 19.1. The van der Waals surface area contributed by atoms with Crippen LogP contribution in [0.4, 0.5) is 0 Å². The van der Waals surface area contributed by atoms with Gasteiger partial charge in [-0.25, -0.2) is 0 Å². The summed E-state index contributed by atoms with van der Waals surface area (Å²) in [5.74, 6) is 0. The molecule has 2 atom stereocenters. The number of hydrogen-bond acceptors (Lipinski definition) is 0. The van der Waals surface area contributed by atoms with Gasteiger partial charge in [-0.2, -0.15) is 0 Å². The molecule has 2 unspecified atom stereocenters. The van der Waals surface area contributed by atoms with E-state index in [1.54, 1.807) is 11.1 Å². The van der Waals surface area contributed by atoms with E-state index in [0.29, 0.717) is 7.35 Å². The summed E-state index contributed by atoms with van der Waals surface area (Å²) >= 11 is -5.32. The zero-order valence-corrected chi connectivity index (χ0v) is 35.4. The predicted molar refractivity (Wildman–Crippen MR) is 211 cm³/mol. The molecule has 0 aromatic heterocycles. The first-order chi connectivity index (χ1) is 22.8. The number of aryl methyl sites for hydroxylation is 4. The third-order valence-corrected chi connectivity index (χ3v) is 86.8. The van der Waals surface area contributed by atoms with Gasteiger partial charge in [-0.3, -0.25) is 0 Å². The first-order valence-electron chi connectivity index (χ1n) is 19.1. The van der Waals surface area contributed by atoms with Crippen molar-refractivity contribution in [3.63, 3.8) is 0 Å². The van der Waals surface area contributed by atoms with E-state index in [4.69, 9.17) is 0 Å². The van der Waals surface area contributed by atoms with Crippen LogP contribution in [0, 0.1) is 27.7 Å². The molecule has 0 aliphatic heterocycles. The van der Waals surface area contributed by atoms with Gasteiger partial charge in [0.15, 0.2) is 0 Å². The molecule has 4 aromatic carbocycles. The standard InChI is InChI=1S/2C17H15.2C5H9.2CH3.Hf.H2Si/c2*1-12-6-3-7-13(2)17(12)16-11-5-9-14-8-4-10-15(14)16;2*1-2-4-5-3-1;;;;/h2*3-11H,1-2H3;2*1H,2-5H2;2*1H3;;1H2. The van der Waals surface area contributed by atoms with E-state index in [2.05, 4.69) is 141 Å². The van der Waals surface area contributed by atoms with Crippen molar-refractivity contribution >= 4 is 19.1 Å². The van der Waals surface area contributed by atoms with E-state index in [1.165, 1.54) is 107 Å². The second kappa shape index (κ2) is 10.3. The molecule has 4 aliphatic rings. The van der Waals surface area contributed by atoms with Crippen molar-refractivity contribution in [3.8, 4) is 22.3 Å². The van der Waals surface area contributed by atoms with Crippen LogP contribution in [0.15, 0.2) is 84.9 Å². The second-order valence-corrected chi connectivity index (χ2v) is 92.7. The number of fused-ring (bicyclic) bond motifs is 2. The molecule has 2 heteroatoms. The maximum absolute atomic E-state index is 5.32. The van der Waals surface area contributed by atoms with E-state index < -0.39 is 14.2 Å². The molecule has 0 bridgehead atoms. The van der Waals surface area contributed by atoms with Crippen molar-refractivity contribution < 1.29 is 14.2 Å². The van der Waals surface area contributed by atoms with Crippen LogP contribution in [0.25, 0.3) is 34.4 Å². The van der Waals surface area contributed by atoms with Crippen molar-refractivity contribution in [1.29, 1.82) is 0 Å².